The van der Waals surface area contributed by atoms with Crippen LogP contribution in [0.4, 0.5) is 0 Å². The zero-order valence-corrected chi connectivity index (χ0v) is 22.6. The smallest absolute Gasteiger partial charge is 0.0774 e. The summed E-state index contributed by atoms with van der Waals surface area (Å²) < 4.78 is 0. The number of aliphatic hydroxyl groups excluding tert-OH is 1. The van der Waals surface area contributed by atoms with Crippen molar-refractivity contribution in [3.05, 3.63) is 93.7 Å². The molecule has 0 fully saturated rings. The van der Waals surface area contributed by atoms with E-state index in [2.05, 4.69) is 80.6 Å². The van der Waals surface area contributed by atoms with Crippen molar-refractivity contribution in [2.24, 2.45) is 0 Å². The molecule has 34 heavy (non-hydrogen) atoms. The van der Waals surface area contributed by atoms with Gasteiger partial charge in [-0.3, -0.25) is 0 Å². The van der Waals surface area contributed by atoms with Gasteiger partial charge in [0.2, 0.25) is 0 Å². The van der Waals surface area contributed by atoms with Gasteiger partial charge in [-0.25, -0.2) is 0 Å². The molecule has 180 valence electrons. The van der Waals surface area contributed by atoms with Crippen molar-refractivity contribution in [2.75, 3.05) is 0 Å². The fraction of sp³-hybridized carbons (Fsp3) is 0.333. The third kappa shape index (κ3) is 8.09. The largest absolute Gasteiger partial charge is 0.391 e. The molecule has 2 aromatic carbocycles. The van der Waals surface area contributed by atoms with Crippen LogP contribution in [0.3, 0.4) is 0 Å². The Labute approximate surface area is 218 Å². The van der Waals surface area contributed by atoms with Crippen molar-refractivity contribution in [1.82, 2.24) is 0 Å². The fourth-order valence-corrected chi connectivity index (χ4v) is 5.65. The van der Waals surface area contributed by atoms with Crippen LogP contribution in [0, 0.1) is 0 Å². The van der Waals surface area contributed by atoms with Gasteiger partial charge in [0.05, 0.1) is 12.5 Å². The van der Waals surface area contributed by atoms with Crippen molar-refractivity contribution in [3.8, 4) is 20.9 Å². The molecule has 2 heterocycles. The highest BCUT2D eigenvalue weighted by Gasteiger charge is 2.03. The molecular formula is C30H35ClOS2. The lowest BCUT2D eigenvalue weighted by atomic mass is 10.1. The topological polar surface area (TPSA) is 20.2 Å². The van der Waals surface area contributed by atoms with Crippen LogP contribution in [0.25, 0.3) is 20.9 Å². The van der Waals surface area contributed by atoms with Gasteiger partial charge in [0.15, 0.2) is 0 Å². The lowest BCUT2D eigenvalue weighted by Gasteiger charge is -2.01. The number of hydrogen-bond donors (Lipinski definition) is 1. The van der Waals surface area contributed by atoms with Gasteiger partial charge < -0.3 is 5.11 Å². The maximum atomic E-state index is 9.05. The molecule has 0 aliphatic rings. The Bertz CT molecular complexity index is 1000. The standard InChI is InChI=1S/C15H17ClS.C15H18OS/c2*1-2-3-4-12-5-7-13(8-6-12)15-10-9-14(11-16)17-15/h5-10H,2-4,11H2,1H3;5-10,16H,2-4,11H2,1H3. The normalized spacial score (nSPS) is 10.7. The zero-order valence-electron chi connectivity index (χ0n) is 20.2. The van der Waals surface area contributed by atoms with E-state index in [0.29, 0.717) is 5.88 Å². The van der Waals surface area contributed by atoms with Crippen molar-refractivity contribution in [3.63, 3.8) is 0 Å². The molecule has 0 spiro atoms. The molecule has 0 aliphatic heterocycles. The first kappa shape index (κ1) is 26.7. The van der Waals surface area contributed by atoms with E-state index in [1.165, 1.54) is 75.4 Å². The van der Waals surface area contributed by atoms with E-state index < -0.39 is 0 Å². The number of aliphatic hydroxyl groups is 1. The molecule has 0 saturated heterocycles. The highest BCUT2D eigenvalue weighted by Crippen LogP contribution is 2.30. The molecule has 4 heteroatoms. The number of hydrogen-bond acceptors (Lipinski definition) is 3. The van der Waals surface area contributed by atoms with Gasteiger partial charge in [-0.2, -0.15) is 0 Å². The molecule has 0 bridgehead atoms. The first-order valence-electron chi connectivity index (χ1n) is 12.2. The lowest BCUT2D eigenvalue weighted by molar-refractivity contribution is 0.285. The minimum absolute atomic E-state index is 0.138. The molecule has 0 unspecified atom stereocenters. The number of alkyl halides is 1. The van der Waals surface area contributed by atoms with Crippen LogP contribution in [0.2, 0.25) is 0 Å². The second-order valence-electron chi connectivity index (χ2n) is 8.42. The molecule has 0 aliphatic carbocycles. The summed E-state index contributed by atoms with van der Waals surface area (Å²) in [4.78, 5) is 4.80. The van der Waals surface area contributed by atoms with Gasteiger partial charge in [-0.1, -0.05) is 75.2 Å². The summed E-state index contributed by atoms with van der Waals surface area (Å²) in [6.07, 6.45) is 7.39. The number of halogens is 1. The highest BCUT2D eigenvalue weighted by atomic mass is 35.5. The van der Waals surface area contributed by atoms with Crippen LogP contribution in [0.1, 0.15) is 60.4 Å². The minimum Gasteiger partial charge on any atom is -0.391 e. The third-order valence-electron chi connectivity index (χ3n) is 5.73. The minimum atomic E-state index is 0.138. The summed E-state index contributed by atoms with van der Waals surface area (Å²) in [5.74, 6) is 0.610. The third-order valence-corrected chi connectivity index (χ3v) is 8.43. The Morgan fingerprint density at radius 3 is 1.41 bits per heavy atom. The Kier molecular flexibility index (Phi) is 11.4. The average Bonchev–Trinajstić information content (AvgIpc) is 3.57. The number of aryl methyl sites for hydroxylation is 2. The molecular weight excluding hydrogens is 476 g/mol. The van der Waals surface area contributed by atoms with Crippen LogP contribution < -0.4 is 0 Å². The van der Waals surface area contributed by atoms with E-state index in [-0.39, 0.29) is 6.61 Å². The molecule has 1 N–H and O–H groups in total. The maximum Gasteiger partial charge on any atom is 0.0774 e. The lowest BCUT2D eigenvalue weighted by Crippen LogP contribution is -1.83. The van der Waals surface area contributed by atoms with Crippen molar-refractivity contribution >= 4 is 34.3 Å². The van der Waals surface area contributed by atoms with Gasteiger partial charge >= 0.3 is 0 Å². The Hall–Kier alpha value is -1.91. The summed E-state index contributed by atoms with van der Waals surface area (Å²) in [7, 11) is 0. The van der Waals surface area contributed by atoms with Crippen molar-refractivity contribution < 1.29 is 5.11 Å². The molecule has 0 saturated carbocycles. The molecule has 1 nitrogen and oxygen atoms in total. The summed E-state index contributed by atoms with van der Waals surface area (Å²) >= 11 is 9.26. The second kappa shape index (κ2) is 14.5. The zero-order chi connectivity index (χ0) is 24.2. The Balaban J connectivity index is 0.000000191. The fourth-order valence-electron chi connectivity index (χ4n) is 3.66. The van der Waals surface area contributed by atoms with E-state index in [0.717, 1.165) is 4.88 Å². The second-order valence-corrected chi connectivity index (χ2v) is 11.0. The molecule has 4 aromatic rings. The highest BCUT2D eigenvalue weighted by molar-refractivity contribution is 7.15. The number of rotatable bonds is 10. The predicted octanol–water partition coefficient (Wildman–Crippen LogP) is 9.75. The molecule has 0 atom stereocenters. The summed E-state index contributed by atoms with van der Waals surface area (Å²) in [5.41, 5.74) is 5.39. The van der Waals surface area contributed by atoms with Crippen LogP contribution in [-0.4, -0.2) is 5.11 Å². The van der Waals surface area contributed by atoms with E-state index >= 15 is 0 Å². The SMILES string of the molecule is CCCCc1ccc(-c2ccc(CCl)s2)cc1.CCCCc1ccc(-c2ccc(CO)s2)cc1. The summed E-state index contributed by atoms with van der Waals surface area (Å²) in [6, 6.07) is 26.0. The van der Waals surface area contributed by atoms with Gasteiger partial charge in [0.1, 0.15) is 0 Å². The summed E-state index contributed by atoms with van der Waals surface area (Å²) in [5, 5.41) is 9.05. The van der Waals surface area contributed by atoms with E-state index in [4.69, 9.17) is 16.7 Å². The quantitative estimate of drug-likeness (QED) is 0.210. The number of unbranched alkanes of at least 4 members (excludes halogenated alkanes) is 2. The first-order chi connectivity index (χ1) is 16.7. The molecule has 0 radical (unpaired) electrons. The maximum absolute atomic E-state index is 9.05. The van der Waals surface area contributed by atoms with E-state index in [1.54, 1.807) is 22.7 Å². The van der Waals surface area contributed by atoms with Crippen LogP contribution in [0.5, 0.6) is 0 Å². The van der Waals surface area contributed by atoms with E-state index in [1.807, 2.05) is 6.07 Å². The number of benzene rings is 2. The van der Waals surface area contributed by atoms with Crippen molar-refractivity contribution in [1.29, 1.82) is 0 Å². The molecule has 2 aromatic heterocycles. The van der Waals surface area contributed by atoms with Gasteiger partial charge in [0.25, 0.3) is 0 Å². The van der Waals surface area contributed by atoms with Crippen LogP contribution >= 0.6 is 34.3 Å². The first-order valence-corrected chi connectivity index (χ1v) is 14.4. The molecule has 4 rings (SSSR count). The van der Waals surface area contributed by atoms with Gasteiger partial charge in [0, 0.05) is 19.5 Å². The van der Waals surface area contributed by atoms with E-state index in [9.17, 15) is 0 Å². The Morgan fingerprint density at radius 2 is 1.06 bits per heavy atom. The van der Waals surface area contributed by atoms with Gasteiger partial charge in [-0.15, -0.1) is 34.3 Å². The van der Waals surface area contributed by atoms with Crippen LogP contribution in [-0.2, 0) is 25.3 Å². The van der Waals surface area contributed by atoms with Crippen molar-refractivity contribution in [2.45, 2.75) is 64.9 Å². The summed E-state index contributed by atoms with van der Waals surface area (Å²) in [6.45, 7) is 4.59. The molecule has 0 amide bonds. The van der Waals surface area contributed by atoms with Gasteiger partial charge in [-0.05, 0) is 72.2 Å². The van der Waals surface area contributed by atoms with Crippen LogP contribution in [0.15, 0.2) is 72.8 Å². The number of thiophene rings is 2. The average molecular weight is 511 g/mol. The Morgan fingerprint density at radius 1 is 0.618 bits per heavy atom. The monoisotopic (exact) mass is 510 g/mol. The predicted molar refractivity (Wildman–Crippen MR) is 152 cm³/mol.